The van der Waals surface area contributed by atoms with Crippen LogP contribution in [0.3, 0.4) is 0 Å². The number of likely N-dealkylation sites (tertiary alicyclic amines) is 1. The Morgan fingerprint density at radius 1 is 1.19 bits per heavy atom. The van der Waals surface area contributed by atoms with Crippen LogP contribution in [0.5, 0.6) is 5.75 Å². The minimum absolute atomic E-state index is 0.153. The van der Waals surface area contributed by atoms with Gasteiger partial charge in [-0.05, 0) is 63.4 Å². The number of likely N-dealkylation sites (N-methyl/N-ethyl adjacent to an activating group) is 1. The van der Waals surface area contributed by atoms with E-state index >= 15 is 0 Å². The summed E-state index contributed by atoms with van der Waals surface area (Å²) in [5.74, 6) is 0.671. The molecule has 1 aromatic carbocycles. The largest absolute Gasteiger partial charge is 0.415 e. The molecule has 1 amide bonds. The normalized spacial score (nSPS) is 21.2. The van der Waals surface area contributed by atoms with Gasteiger partial charge in [-0.15, -0.1) is 0 Å². The van der Waals surface area contributed by atoms with E-state index in [9.17, 15) is 4.79 Å². The molecule has 1 atom stereocenters. The van der Waals surface area contributed by atoms with E-state index in [0.29, 0.717) is 5.75 Å². The van der Waals surface area contributed by atoms with Gasteiger partial charge < -0.3 is 14.5 Å². The van der Waals surface area contributed by atoms with Crippen LogP contribution in [0.4, 0.5) is 4.79 Å². The van der Waals surface area contributed by atoms with Crippen molar-refractivity contribution < 1.29 is 9.53 Å². The van der Waals surface area contributed by atoms with Crippen LogP contribution in [-0.4, -0.2) is 49.1 Å². The molecule has 1 aromatic rings. The summed E-state index contributed by atoms with van der Waals surface area (Å²) < 4.78 is 5.73. The number of amides is 1. The van der Waals surface area contributed by atoms with E-state index in [1.54, 1.807) is 0 Å². The molecule has 1 aliphatic heterocycles. The van der Waals surface area contributed by atoms with Crippen molar-refractivity contribution in [2.45, 2.75) is 64.7 Å². The molecule has 1 unspecified atom stereocenters. The highest BCUT2D eigenvalue weighted by molar-refractivity contribution is 5.70. The molecule has 0 aliphatic carbocycles. The number of hydrogen-bond acceptors (Lipinski definition) is 3. The number of carbonyl (C=O) groups is 1. The van der Waals surface area contributed by atoms with Gasteiger partial charge in [0.1, 0.15) is 5.75 Å². The second-order valence-corrected chi connectivity index (χ2v) is 7.71. The summed E-state index contributed by atoms with van der Waals surface area (Å²) in [6, 6.07) is 8.23. The van der Waals surface area contributed by atoms with Gasteiger partial charge in [0.25, 0.3) is 0 Å². The fourth-order valence-corrected chi connectivity index (χ4v) is 4.14. The number of nitrogens with zero attached hydrogens (tertiary/aromatic N) is 2. The van der Waals surface area contributed by atoms with Crippen molar-refractivity contribution in [2.75, 3.05) is 33.2 Å². The van der Waals surface area contributed by atoms with Gasteiger partial charge in [-0.3, -0.25) is 0 Å². The van der Waals surface area contributed by atoms with Crippen LogP contribution in [0.2, 0.25) is 0 Å². The maximum absolute atomic E-state index is 12.5. The van der Waals surface area contributed by atoms with Crippen LogP contribution in [0.15, 0.2) is 24.3 Å². The van der Waals surface area contributed by atoms with E-state index in [1.807, 2.05) is 17.0 Å². The third-order valence-electron chi connectivity index (χ3n) is 5.59. The van der Waals surface area contributed by atoms with Crippen molar-refractivity contribution in [3.63, 3.8) is 0 Å². The number of carbonyl (C=O) groups excluding carboxylic acids is 1. The number of hydrogen-bond donors (Lipinski definition) is 0. The molecule has 1 aliphatic rings. The lowest BCUT2D eigenvalue weighted by molar-refractivity contribution is 0.152. The Labute approximate surface area is 159 Å². The molecule has 4 heteroatoms. The van der Waals surface area contributed by atoms with Gasteiger partial charge in [0.2, 0.25) is 0 Å². The van der Waals surface area contributed by atoms with E-state index in [1.165, 1.54) is 31.4 Å². The van der Waals surface area contributed by atoms with Crippen LogP contribution in [0.1, 0.15) is 64.9 Å². The standard InChI is InChI=1S/C22H36N2O2/c1-5-14-24(15-6-2)21(25)26-20-12-10-11-19(17-20)22(7-3)13-8-9-16-23(4)18-22/h10-12,17H,5-9,13-16,18H2,1-4H3. The second-order valence-electron chi connectivity index (χ2n) is 7.71. The van der Waals surface area contributed by atoms with Crippen molar-refractivity contribution in [3.8, 4) is 5.75 Å². The third-order valence-corrected chi connectivity index (χ3v) is 5.59. The van der Waals surface area contributed by atoms with Crippen LogP contribution in [0.25, 0.3) is 0 Å². The predicted octanol–water partition coefficient (Wildman–Crippen LogP) is 5.07. The van der Waals surface area contributed by atoms with Crippen molar-refractivity contribution in [1.29, 1.82) is 0 Å². The van der Waals surface area contributed by atoms with Crippen molar-refractivity contribution in [2.24, 2.45) is 0 Å². The third kappa shape index (κ3) is 5.23. The highest BCUT2D eigenvalue weighted by Gasteiger charge is 2.33. The second kappa shape index (κ2) is 9.96. The fraction of sp³-hybridized carbons (Fsp3) is 0.682. The molecule has 0 radical (unpaired) electrons. The van der Waals surface area contributed by atoms with Crippen molar-refractivity contribution >= 4 is 6.09 Å². The SMILES string of the molecule is CCCN(CCC)C(=O)Oc1cccc(C2(CC)CCCCN(C)C2)c1. The molecule has 2 rings (SSSR count). The monoisotopic (exact) mass is 360 g/mol. The summed E-state index contributed by atoms with van der Waals surface area (Å²) in [6.07, 6.45) is 6.48. The first kappa shape index (κ1) is 20.8. The Morgan fingerprint density at radius 2 is 1.92 bits per heavy atom. The molecule has 1 saturated heterocycles. The molecule has 146 valence electrons. The molecular formula is C22H36N2O2. The first-order chi connectivity index (χ1) is 12.5. The summed E-state index contributed by atoms with van der Waals surface area (Å²) in [4.78, 5) is 16.8. The lowest BCUT2D eigenvalue weighted by Gasteiger charge is -2.35. The Kier molecular flexibility index (Phi) is 7.95. The summed E-state index contributed by atoms with van der Waals surface area (Å²) >= 11 is 0. The van der Waals surface area contributed by atoms with Gasteiger partial charge in [0.05, 0.1) is 0 Å². The van der Waals surface area contributed by atoms with E-state index in [-0.39, 0.29) is 11.5 Å². The summed E-state index contributed by atoms with van der Waals surface area (Å²) in [6.45, 7) is 10.2. The average Bonchev–Trinajstić information content (AvgIpc) is 2.84. The van der Waals surface area contributed by atoms with E-state index in [0.717, 1.165) is 38.9 Å². The Hall–Kier alpha value is -1.55. The van der Waals surface area contributed by atoms with Crippen LogP contribution < -0.4 is 4.74 Å². The molecule has 1 heterocycles. The maximum atomic E-state index is 12.5. The molecular weight excluding hydrogens is 324 g/mol. The molecule has 26 heavy (non-hydrogen) atoms. The van der Waals surface area contributed by atoms with Crippen molar-refractivity contribution in [1.82, 2.24) is 9.80 Å². The zero-order chi connectivity index (χ0) is 19.0. The first-order valence-corrected chi connectivity index (χ1v) is 10.3. The smallest absolute Gasteiger partial charge is 0.410 e. The number of rotatable bonds is 7. The number of benzene rings is 1. The van der Waals surface area contributed by atoms with Crippen LogP contribution in [0, 0.1) is 0 Å². The molecule has 0 aromatic heterocycles. The van der Waals surface area contributed by atoms with E-state index < -0.39 is 0 Å². The number of ether oxygens (including phenoxy) is 1. The lowest BCUT2D eigenvalue weighted by Crippen LogP contribution is -2.37. The molecule has 4 nitrogen and oxygen atoms in total. The average molecular weight is 361 g/mol. The van der Waals surface area contributed by atoms with Gasteiger partial charge in [-0.25, -0.2) is 4.79 Å². The molecule has 0 bridgehead atoms. The van der Waals surface area contributed by atoms with Crippen LogP contribution in [-0.2, 0) is 5.41 Å². The molecule has 0 N–H and O–H groups in total. The fourth-order valence-electron chi connectivity index (χ4n) is 4.14. The molecule has 0 saturated carbocycles. The first-order valence-electron chi connectivity index (χ1n) is 10.3. The van der Waals surface area contributed by atoms with Crippen molar-refractivity contribution in [3.05, 3.63) is 29.8 Å². The maximum Gasteiger partial charge on any atom is 0.415 e. The van der Waals surface area contributed by atoms with Gasteiger partial charge >= 0.3 is 6.09 Å². The highest BCUT2D eigenvalue weighted by Crippen LogP contribution is 2.37. The quantitative estimate of drug-likeness (QED) is 0.680. The summed E-state index contributed by atoms with van der Waals surface area (Å²) in [5, 5.41) is 0. The van der Waals surface area contributed by atoms with E-state index in [2.05, 4.69) is 44.9 Å². The van der Waals surface area contributed by atoms with Gasteiger partial charge in [0.15, 0.2) is 0 Å². The van der Waals surface area contributed by atoms with Gasteiger partial charge in [0, 0.05) is 25.0 Å². The lowest BCUT2D eigenvalue weighted by atomic mass is 9.74. The minimum atomic E-state index is -0.227. The Balaban J connectivity index is 2.19. The molecule has 1 fully saturated rings. The van der Waals surface area contributed by atoms with Gasteiger partial charge in [-0.2, -0.15) is 0 Å². The van der Waals surface area contributed by atoms with E-state index in [4.69, 9.17) is 4.74 Å². The highest BCUT2D eigenvalue weighted by atomic mass is 16.6. The van der Waals surface area contributed by atoms with Crippen LogP contribution >= 0.6 is 0 Å². The topological polar surface area (TPSA) is 32.8 Å². The summed E-state index contributed by atoms with van der Waals surface area (Å²) in [5.41, 5.74) is 1.46. The van der Waals surface area contributed by atoms with Gasteiger partial charge in [-0.1, -0.05) is 39.3 Å². The summed E-state index contributed by atoms with van der Waals surface area (Å²) in [7, 11) is 2.22. The minimum Gasteiger partial charge on any atom is -0.410 e. The molecule has 0 spiro atoms. The predicted molar refractivity (Wildman–Crippen MR) is 108 cm³/mol. The zero-order valence-electron chi connectivity index (χ0n) is 17.1. The Bertz CT molecular complexity index is 569. The zero-order valence-corrected chi connectivity index (χ0v) is 17.1. The Morgan fingerprint density at radius 3 is 2.58 bits per heavy atom.